The van der Waals surface area contributed by atoms with Crippen LogP contribution < -0.4 is 9.62 Å². The SMILES string of the molecule is CC(C)CNC(=O)[C@H](C)N(Cc1ccc(Cl)cc1Cl)C(=O)CN(c1cccc(C(F)(F)F)c1)S(=O)(=O)c1ccccc1. The third kappa shape index (κ3) is 8.39. The fraction of sp³-hybridized carbons (Fsp3) is 0.310. The van der Waals surface area contributed by atoms with Gasteiger partial charge in [0.25, 0.3) is 10.0 Å². The van der Waals surface area contributed by atoms with Crippen LogP contribution in [0.5, 0.6) is 0 Å². The quantitative estimate of drug-likeness (QED) is 0.262. The minimum absolute atomic E-state index is 0.114. The van der Waals surface area contributed by atoms with Crippen LogP contribution in [0.2, 0.25) is 10.0 Å². The van der Waals surface area contributed by atoms with Crippen molar-refractivity contribution in [2.45, 2.75) is 44.4 Å². The zero-order chi connectivity index (χ0) is 31.2. The maximum absolute atomic E-state index is 13.9. The molecule has 0 unspecified atom stereocenters. The number of nitrogens with zero attached hydrogens (tertiary/aromatic N) is 2. The van der Waals surface area contributed by atoms with Gasteiger partial charge in [0, 0.05) is 23.1 Å². The van der Waals surface area contributed by atoms with E-state index in [2.05, 4.69) is 5.32 Å². The summed E-state index contributed by atoms with van der Waals surface area (Å²) in [6.07, 6.45) is -4.76. The number of carbonyl (C=O) groups excluding carboxylic acids is 2. The van der Waals surface area contributed by atoms with Crippen molar-refractivity contribution in [2.75, 3.05) is 17.4 Å². The van der Waals surface area contributed by atoms with E-state index in [1.54, 1.807) is 18.2 Å². The first-order valence-electron chi connectivity index (χ1n) is 12.9. The molecule has 0 spiro atoms. The van der Waals surface area contributed by atoms with Crippen LogP contribution in [0.25, 0.3) is 0 Å². The zero-order valence-corrected chi connectivity index (χ0v) is 25.4. The summed E-state index contributed by atoms with van der Waals surface area (Å²) in [7, 11) is -4.52. The van der Waals surface area contributed by atoms with E-state index in [1.165, 1.54) is 43.3 Å². The molecule has 0 heterocycles. The molecular formula is C29H30Cl2F3N3O4S. The van der Waals surface area contributed by atoms with E-state index in [-0.39, 0.29) is 28.1 Å². The number of alkyl halides is 3. The number of carbonyl (C=O) groups is 2. The Balaban J connectivity index is 2.08. The van der Waals surface area contributed by atoms with Crippen molar-refractivity contribution in [1.29, 1.82) is 0 Å². The average molecular weight is 645 g/mol. The van der Waals surface area contributed by atoms with Gasteiger partial charge in [-0.3, -0.25) is 13.9 Å². The summed E-state index contributed by atoms with van der Waals surface area (Å²) in [4.78, 5) is 27.8. The highest BCUT2D eigenvalue weighted by molar-refractivity contribution is 7.92. The molecule has 0 saturated heterocycles. The summed E-state index contributed by atoms with van der Waals surface area (Å²) in [5.41, 5.74) is -1.04. The molecule has 0 fully saturated rings. The molecule has 0 aromatic heterocycles. The number of nitrogens with one attached hydrogen (secondary N) is 1. The van der Waals surface area contributed by atoms with Crippen molar-refractivity contribution in [3.63, 3.8) is 0 Å². The van der Waals surface area contributed by atoms with Gasteiger partial charge in [-0.2, -0.15) is 13.2 Å². The molecule has 0 saturated carbocycles. The summed E-state index contributed by atoms with van der Waals surface area (Å²) in [6.45, 7) is 4.48. The maximum Gasteiger partial charge on any atom is 0.416 e. The van der Waals surface area contributed by atoms with Gasteiger partial charge in [-0.25, -0.2) is 8.42 Å². The molecule has 1 atom stereocenters. The Kier molecular flexibility index (Phi) is 10.9. The number of hydrogen-bond acceptors (Lipinski definition) is 4. The number of rotatable bonds is 11. The summed E-state index contributed by atoms with van der Waals surface area (Å²) in [6, 6.07) is 14.2. The second kappa shape index (κ2) is 13.8. The fourth-order valence-electron chi connectivity index (χ4n) is 3.95. The Hall–Kier alpha value is -3.28. The molecule has 1 N–H and O–H groups in total. The first-order valence-corrected chi connectivity index (χ1v) is 15.1. The highest BCUT2D eigenvalue weighted by atomic mass is 35.5. The van der Waals surface area contributed by atoms with Gasteiger partial charge in [0.15, 0.2) is 0 Å². The van der Waals surface area contributed by atoms with Crippen LogP contribution in [0.1, 0.15) is 31.9 Å². The van der Waals surface area contributed by atoms with E-state index in [0.717, 1.165) is 17.0 Å². The second-order valence-corrected chi connectivity index (χ2v) is 12.7. The van der Waals surface area contributed by atoms with Crippen molar-refractivity contribution in [1.82, 2.24) is 10.2 Å². The van der Waals surface area contributed by atoms with Crippen molar-refractivity contribution in [2.24, 2.45) is 5.92 Å². The highest BCUT2D eigenvalue weighted by Crippen LogP contribution is 2.33. The van der Waals surface area contributed by atoms with Gasteiger partial charge >= 0.3 is 6.18 Å². The largest absolute Gasteiger partial charge is 0.416 e. The van der Waals surface area contributed by atoms with Crippen LogP contribution in [0.15, 0.2) is 77.7 Å². The predicted octanol–water partition coefficient (Wildman–Crippen LogP) is 6.40. The van der Waals surface area contributed by atoms with E-state index < -0.39 is 46.2 Å². The van der Waals surface area contributed by atoms with Crippen molar-refractivity contribution in [3.05, 3.63) is 94.0 Å². The van der Waals surface area contributed by atoms with Gasteiger partial charge in [-0.1, -0.05) is 67.4 Å². The summed E-state index contributed by atoms with van der Waals surface area (Å²) in [5.74, 6) is -1.23. The number of halogens is 5. The molecule has 2 amide bonds. The molecule has 0 aliphatic carbocycles. The monoisotopic (exact) mass is 643 g/mol. The molecule has 3 rings (SSSR count). The number of benzene rings is 3. The van der Waals surface area contributed by atoms with Crippen LogP contribution in [0.3, 0.4) is 0 Å². The van der Waals surface area contributed by atoms with Crippen LogP contribution in [0.4, 0.5) is 18.9 Å². The van der Waals surface area contributed by atoms with Crippen molar-refractivity contribution in [3.8, 4) is 0 Å². The minimum Gasteiger partial charge on any atom is -0.354 e. The first kappa shape index (κ1) is 33.2. The average Bonchev–Trinajstić information content (AvgIpc) is 2.93. The lowest BCUT2D eigenvalue weighted by Gasteiger charge is -2.32. The second-order valence-electron chi connectivity index (χ2n) is 9.95. The van der Waals surface area contributed by atoms with Gasteiger partial charge in [0.1, 0.15) is 12.6 Å². The molecule has 226 valence electrons. The van der Waals surface area contributed by atoms with Gasteiger partial charge in [0.2, 0.25) is 11.8 Å². The van der Waals surface area contributed by atoms with E-state index in [4.69, 9.17) is 23.2 Å². The highest BCUT2D eigenvalue weighted by Gasteiger charge is 2.35. The number of amides is 2. The summed E-state index contributed by atoms with van der Waals surface area (Å²) >= 11 is 12.4. The lowest BCUT2D eigenvalue weighted by atomic mass is 10.1. The van der Waals surface area contributed by atoms with Gasteiger partial charge in [-0.15, -0.1) is 0 Å². The lowest BCUT2D eigenvalue weighted by Crippen LogP contribution is -2.51. The molecule has 0 bridgehead atoms. The molecule has 3 aromatic rings. The van der Waals surface area contributed by atoms with Crippen molar-refractivity contribution >= 4 is 50.7 Å². The van der Waals surface area contributed by atoms with Crippen molar-refractivity contribution < 1.29 is 31.2 Å². The third-order valence-corrected chi connectivity index (χ3v) is 8.65. The summed E-state index contributed by atoms with van der Waals surface area (Å²) < 4.78 is 68.8. The Morgan fingerprint density at radius 3 is 2.19 bits per heavy atom. The minimum atomic E-state index is -4.76. The van der Waals surface area contributed by atoms with E-state index in [9.17, 15) is 31.2 Å². The smallest absolute Gasteiger partial charge is 0.354 e. The third-order valence-electron chi connectivity index (χ3n) is 6.28. The van der Waals surface area contributed by atoms with Crippen LogP contribution >= 0.6 is 23.2 Å². The van der Waals surface area contributed by atoms with E-state index in [0.29, 0.717) is 27.5 Å². The Morgan fingerprint density at radius 2 is 1.60 bits per heavy atom. The Labute approximate surface area is 253 Å². The Morgan fingerprint density at radius 1 is 0.929 bits per heavy atom. The molecule has 0 radical (unpaired) electrons. The topological polar surface area (TPSA) is 86.8 Å². The standard InChI is InChI=1S/C29H30Cl2F3N3O4S/c1-19(2)16-35-28(39)20(3)36(17-21-12-13-23(30)15-26(21)31)27(38)18-37(42(40,41)25-10-5-4-6-11-25)24-9-7-8-22(14-24)29(32,33)34/h4-15,19-20H,16-18H2,1-3H3,(H,35,39)/t20-/m0/s1. The van der Waals surface area contributed by atoms with Crippen LogP contribution in [-0.4, -0.2) is 44.3 Å². The first-order chi connectivity index (χ1) is 19.6. The Bertz CT molecular complexity index is 1520. The number of hydrogen-bond donors (Lipinski definition) is 1. The molecule has 3 aromatic carbocycles. The van der Waals surface area contributed by atoms with Crippen LogP contribution in [-0.2, 0) is 32.3 Å². The molecule has 13 heteroatoms. The fourth-order valence-corrected chi connectivity index (χ4v) is 5.85. The number of anilines is 1. The van der Waals surface area contributed by atoms with Gasteiger partial charge in [-0.05, 0) is 60.9 Å². The zero-order valence-electron chi connectivity index (χ0n) is 23.0. The van der Waals surface area contributed by atoms with Gasteiger partial charge in [0.05, 0.1) is 16.1 Å². The molecule has 0 aliphatic heterocycles. The predicted molar refractivity (Wildman–Crippen MR) is 157 cm³/mol. The maximum atomic E-state index is 13.9. The van der Waals surface area contributed by atoms with E-state index in [1.807, 2.05) is 13.8 Å². The lowest BCUT2D eigenvalue weighted by molar-refractivity contribution is -0.139. The molecule has 0 aliphatic rings. The molecule has 42 heavy (non-hydrogen) atoms. The molecular weight excluding hydrogens is 614 g/mol. The van der Waals surface area contributed by atoms with Gasteiger partial charge < -0.3 is 10.2 Å². The van der Waals surface area contributed by atoms with Crippen LogP contribution in [0, 0.1) is 5.92 Å². The normalized spacial score (nSPS) is 12.6. The summed E-state index contributed by atoms with van der Waals surface area (Å²) in [5, 5.41) is 3.30. The van der Waals surface area contributed by atoms with E-state index >= 15 is 0 Å². The number of sulfonamides is 1. The molecule has 7 nitrogen and oxygen atoms in total.